The summed E-state index contributed by atoms with van der Waals surface area (Å²) in [5.41, 5.74) is 5.88. The average Bonchev–Trinajstić information content (AvgIpc) is 2.26. The number of nitrogens with two attached hydrogens (primary N) is 1. The zero-order chi connectivity index (χ0) is 12.3. The molecule has 0 aliphatic heterocycles. The number of nitro benzene ring substituents is 1. The smallest absolute Gasteiger partial charge is 0.274 e. The van der Waals surface area contributed by atoms with E-state index in [1.807, 2.05) is 0 Å². The summed E-state index contributed by atoms with van der Waals surface area (Å²) in [6.07, 6.45) is -0.401. The molecule has 1 aromatic rings. The van der Waals surface area contributed by atoms with Crippen molar-refractivity contribution in [2.75, 3.05) is 0 Å². The maximum Gasteiger partial charge on any atom is 0.274 e. The molecule has 0 saturated carbocycles. The Hall–Kier alpha value is -0.880. The van der Waals surface area contributed by atoms with E-state index in [4.69, 9.17) is 17.3 Å². The molecule has 96 valence electrons. The van der Waals surface area contributed by atoms with E-state index in [1.165, 1.54) is 18.2 Å². The monoisotopic (exact) mass is 280 g/mol. The van der Waals surface area contributed by atoms with Crippen molar-refractivity contribution < 1.29 is 10.0 Å². The fourth-order valence-corrected chi connectivity index (χ4v) is 1.60. The van der Waals surface area contributed by atoms with Crippen LogP contribution in [0.5, 0.6) is 0 Å². The molecule has 0 radical (unpaired) electrons. The molecule has 0 aromatic heterocycles. The number of nitro groups is 1. The molecular weight excluding hydrogens is 267 g/mol. The summed E-state index contributed by atoms with van der Waals surface area (Å²) in [5.74, 6) is 0. The SMILES string of the molecule is CC[C@@H](O)[C@@H](N)c1cc(Cl)ccc1[N+](=O)[O-].Cl. The molecule has 0 heterocycles. The van der Waals surface area contributed by atoms with E-state index in [2.05, 4.69) is 0 Å². The van der Waals surface area contributed by atoms with Gasteiger partial charge in [0.2, 0.25) is 0 Å². The molecular formula is C10H14Cl2N2O3. The van der Waals surface area contributed by atoms with Gasteiger partial charge >= 0.3 is 0 Å². The van der Waals surface area contributed by atoms with Crippen LogP contribution in [0.3, 0.4) is 0 Å². The molecule has 0 aliphatic carbocycles. The number of nitrogens with zero attached hydrogens (tertiary/aromatic N) is 1. The normalized spacial score (nSPS) is 13.6. The number of halogens is 2. The topological polar surface area (TPSA) is 89.4 Å². The van der Waals surface area contributed by atoms with Crippen LogP contribution in [0.15, 0.2) is 18.2 Å². The van der Waals surface area contributed by atoms with Gasteiger partial charge in [-0.3, -0.25) is 10.1 Å². The van der Waals surface area contributed by atoms with Gasteiger partial charge in [-0.05, 0) is 18.6 Å². The van der Waals surface area contributed by atoms with Gasteiger partial charge in [0.1, 0.15) is 0 Å². The third kappa shape index (κ3) is 3.81. The molecule has 0 fully saturated rings. The largest absolute Gasteiger partial charge is 0.391 e. The van der Waals surface area contributed by atoms with Crippen molar-refractivity contribution in [3.05, 3.63) is 38.9 Å². The lowest BCUT2D eigenvalue weighted by molar-refractivity contribution is -0.385. The van der Waals surface area contributed by atoms with Crippen molar-refractivity contribution >= 4 is 29.7 Å². The summed E-state index contributed by atoms with van der Waals surface area (Å²) in [6.45, 7) is 1.75. The maximum atomic E-state index is 10.8. The Bertz CT molecular complexity index is 401. The van der Waals surface area contributed by atoms with Gasteiger partial charge in [-0.25, -0.2) is 0 Å². The van der Waals surface area contributed by atoms with Crippen LogP contribution >= 0.6 is 24.0 Å². The summed E-state index contributed by atoms with van der Waals surface area (Å²) < 4.78 is 0. The Morgan fingerprint density at radius 2 is 2.18 bits per heavy atom. The summed E-state index contributed by atoms with van der Waals surface area (Å²) in [7, 11) is 0. The van der Waals surface area contributed by atoms with Crippen molar-refractivity contribution in [3.8, 4) is 0 Å². The summed E-state index contributed by atoms with van der Waals surface area (Å²) in [6, 6.07) is 3.33. The molecule has 1 aromatic carbocycles. The van der Waals surface area contributed by atoms with E-state index in [1.54, 1.807) is 6.92 Å². The van der Waals surface area contributed by atoms with Gasteiger partial charge in [0.15, 0.2) is 0 Å². The maximum absolute atomic E-state index is 10.8. The van der Waals surface area contributed by atoms with Gasteiger partial charge in [0.25, 0.3) is 5.69 Å². The van der Waals surface area contributed by atoms with Crippen LogP contribution in [0, 0.1) is 10.1 Å². The van der Waals surface area contributed by atoms with E-state index in [-0.39, 0.29) is 23.7 Å². The standard InChI is InChI=1S/C10H13ClN2O3.ClH/c1-2-9(14)10(12)7-5-6(11)3-4-8(7)13(15)16;/h3-5,9-10,14H,2,12H2,1H3;1H/t9-,10+;/m1./s1. The van der Waals surface area contributed by atoms with Crippen molar-refractivity contribution in [3.63, 3.8) is 0 Å². The van der Waals surface area contributed by atoms with Crippen LogP contribution in [-0.4, -0.2) is 16.1 Å². The predicted molar refractivity (Wildman–Crippen MR) is 68.6 cm³/mol. The number of hydrogen-bond donors (Lipinski definition) is 2. The second-order valence-corrected chi connectivity index (χ2v) is 3.90. The fraction of sp³-hybridized carbons (Fsp3) is 0.400. The van der Waals surface area contributed by atoms with Crippen molar-refractivity contribution in [2.45, 2.75) is 25.5 Å². The van der Waals surface area contributed by atoms with Crippen molar-refractivity contribution in [1.82, 2.24) is 0 Å². The Kier molecular flexibility index (Phi) is 6.41. The zero-order valence-corrected chi connectivity index (χ0v) is 10.7. The highest BCUT2D eigenvalue weighted by Gasteiger charge is 2.24. The van der Waals surface area contributed by atoms with Crippen LogP contribution in [0.25, 0.3) is 0 Å². The summed E-state index contributed by atoms with van der Waals surface area (Å²) in [4.78, 5) is 10.2. The molecule has 0 spiro atoms. The summed E-state index contributed by atoms with van der Waals surface area (Å²) >= 11 is 5.75. The Morgan fingerprint density at radius 1 is 1.59 bits per heavy atom. The third-order valence-corrected chi connectivity index (χ3v) is 2.61. The first-order chi connectivity index (χ1) is 7.47. The summed E-state index contributed by atoms with van der Waals surface area (Å²) in [5, 5.41) is 20.7. The highest BCUT2D eigenvalue weighted by atomic mass is 35.5. The third-order valence-electron chi connectivity index (χ3n) is 2.38. The second-order valence-electron chi connectivity index (χ2n) is 3.46. The molecule has 0 bridgehead atoms. The number of aliphatic hydroxyl groups is 1. The number of benzene rings is 1. The van der Waals surface area contributed by atoms with Crippen LogP contribution in [0.4, 0.5) is 5.69 Å². The molecule has 1 rings (SSSR count). The molecule has 7 heteroatoms. The van der Waals surface area contributed by atoms with Crippen molar-refractivity contribution in [2.24, 2.45) is 5.73 Å². The van der Waals surface area contributed by atoms with E-state index in [0.717, 1.165) is 0 Å². The highest BCUT2D eigenvalue weighted by Crippen LogP contribution is 2.29. The Labute approximate surface area is 110 Å². The van der Waals surface area contributed by atoms with Crippen LogP contribution < -0.4 is 5.73 Å². The lowest BCUT2D eigenvalue weighted by Gasteiger charge is -2.17. The van der Waals surface area contributed by atoms with E-state index >= 15 is 0 Å². The second kappa shape index (κ2) is 6.76. The lowest BCUT2D eigenvalue weighted by atomic mass is 9.99. The van der Waals surface area contributed by atoms with E-state index in [0.29, 0.717) is 11.4 Å². The first-order valence-corrected chi connectivity index (χ1v) is 5.22. The Balaban J connectivity index is 0.00000256. The van der Waals surface area contributed by atoms with Gasteiger partial charge in [-0.1, -0.05) is 18.5 Å². The van der Waals surface area contributed by atoms with Crippen LogP contribution in [-0.2, 0) is 0 Å². The van der Waals surface area contributed by atoms with Gasteiger partial charge in [0.05, 0.1) is 22.6 Å². The molecule has 17 heavy (non-hydrogen) atoms. The van der Waals surface area contributed by atoms with Gasteiger partial charge in [-0.2, -0.15) is 0 Å². The van der Waals surface area contributed by atoms with Crippen LogP contribution in [0.2, 0.25) is 5.02 Å². The minimum atomic E-state index is -0.822. The van der Waals surface area contributed by atoms with E-state index in [9.17, 15) is 15.2 Å². The minimum Gasteiger partial charge on any atom is -0.391 e. The van der Waals surface area contributed by atoms with Gasteiger partial charge in [-0.15, -0.1) is 12.4 Å². The predicted octanol–water partition coefficient (Wildman–Crippen LogP) is 2.44. The number of rotatable bonds is 4. The van der Waals surface area contributed by atoms with Gasteiger partial charge < -0.3 is 10.8 Å². The minimum absolute atomic E-state index is 0. The molecule has 2 atom stereocenters. The van der Waals surface area contributed by atoms with Crippen molar-refractivity contribution in [1.29, 1.82) is 0 Å². The molecule has 5 nitrogen and oxygen atoms in total. The molecule has 0 unspecified atom stereocenters. The molecule has 0 amide bonds. The quantitative estimate of drug-likeness (QED) is 0.655. The highest BCUT2D eigenvalue weighted by molar-refractivity contribution is 6.30. The van der Waals surface area contributed by atoms with Crippen LogP contribution in [0.1, 0.15) is 24.9 Å². The average molecular weight is 281 g/mol. The first kappa shape index (κ1) is 16.1. The molecule has 3 N–H and O–H groups in total. The first-order valence-electron chi connectivity index (χ1n) is 4.84. The number of hydrogen-bond acceptors (Lipinski definition) is 4. The molecule has 0 aliphatic rings. The van der Waals surface area contributed by atoms with E-state index < -0.39 is 17.1 Å². The lowest BCUT2D eigenvalue weighted by Crippen LogP contribution is -2.26. The Morgan fingerprint density at radius 3 is 2.65 bits per heavy atom. The molecule has 0 saturated heterocycles. The fourth-order valence-electron chi connectivity index (χ4n) is 1.42. The number of aliphatic hydroxyl groups excluding tert-OH is 1. The zero-order valence-electron chi connectivity index (χ0n) is 9.17. The van der Waals surface area contributed by atoms with Gasteiger partial charge in [0, 0.05) is 11.1 Å².